The molecule has 0 saturated carbocycles. The summed E-state index contributed by atoms with van der Waals surface area (Å²) in [7, 11) is 0. The molecular formula is C12H10BrClN2. The topological polar surface area (TPSA) is 38.0 Å². The number of nitrogens with two attached hydrogens (primary N) is 1. The van der Waals surface area contributed by atoms with Crippen molar-refractivity contribution in [3.05, 3.63) is 52.0 Å². The zero-order chi connectivity index (χ0) is 11.5. The summed E-state index contributed by atoms with van der Waals surface area (Å²) in [6, 6.07) is 13.2. The Morgan fingerprint density at radius 1 is 1.12 bits per heavy atom. The molecule has 0 aliphatic heterocycles. The first-order chi connectivity index (χ1) is 7.65. The Kier molecular flexibility index (Phi) is 3.36. The summed E-state index contributed by atoms with van der Waals surface area (Å²) in [6.07, 6.45) is 0. The molecular weight excluding hydrogens is 288 g/mol. The van der Waals surface area contributed by atoms with Crippen LogP contribution in [-0.2, 0) is 0 Å². The molecule has 0 amide bonds. The van der Waals surface area contributed by atoms with Gasteiger partial charge in [0.1, 0.15) is 0 Å². The van der Waals surface area contributed by atoms with Gasteiger partial charge in [0.25, 0.3) is 0 Å². The van der Waals surface area contributed by atoms with E-state index in [9.17, 15) is 0 Å². The van der Waals surface area contributed by atoms with Crippen LogP contribution >= 0.6 is 27.5 Å². The van der Waals surface area contributed by atoms with Crippen molar-refractivity contribution in [3.8, 4) is 0 Å². The lowest BCUT2D eigenvalue weighted by Crippen LogP contribution is -1.92. The fourth-order valence-electron chi connectivity index (χ4n) is 1.36. The highest BCUT2D eigenvalue weighted by Gasteiger charge is 2.01. The van der Waals surface area contributed by atoms with Gasteiger partial charge < -0.3 is 11.1 Å². The summed E-state index contributed by atoms with van der Waals surface area (Å²) in [5, 5.41) is 3.87. The quantitative estimate of drug-likeness (QED) is 0.805. The van der Waals surface area contributed by atoms with Gasteiger partial charge in [-0.1, -0.05) is 33.6 Å². The van der Waals surface area contributed by atoms with E-state index in [0.717, 1.165) is 21.5 Å². The molecule has 82 valence electrons. The Bertz CT molecular complexity index is 514. The smallest absolute Gasteiger partial charge is 0.0652 e. The molecule has 0 radical (unpaired) electrons. The Hall–Kier alpha value is -1.19. The molecule has 0 saturated heterocycles. The second kappa shape index (κ2) is 4.76. The number of anilines is 3. The fourth-order valence-corrected chi connectivity index (χ4v) is 2.08. The number of rotatable bonds is 2. The van der Waals surface area contributed by atoms with Gasteiger partial charge in [0.2, 0.25) is 0 Å². The molecule has 0 spiro atoms. The van der Waals surface area contributed by atoms with Crippen molar-refractivity contribution in [1.29, 1.82) is 0 Å². The molecule has 2 aromatic carbocycles. The Balaban J connectivity index is 2.27. The van der Waals surface area contributed by atoms with Crippen LogP contribution in [0.4, 0.5) is 17.1 Å². The average molecular weight is 298 g/mol. The van der Waals surface area contributed by atoms with E-state index in [4.69, 9.17) is 17.3 Å². The summed E-state index contributed by atoms with van der Waals surface area (Å²) < 4.78 is 0.954. The van der Waals surface area contributed by atoms with Crippen molar-refractivity contribution in [3.63, 3.8) is 0 Å². The molecule has 2 aromatic rings. The van der Waals surface area contributed by atoms with Crippen molar-refractivity contribution in [1.82, 2.24) is 0 Å². The molecule has 4 heteroatoms. The molecule has 0 aliphatic rings. The lowest BCUT2D eigenvalue weighted by Gasteiger charge is -2.09. The van der Waals surface area contributed by atoms with Crippen molar-refractivity contribution in [2.45, 2.75) is 0 Å². The number of nitrogens with one attached hydrogen (secondary N) is 1. The van der Waals surface area contributed by atoms with Crippen LogP contribution in [0, 0.1) is 0 Å². The van der Waals surface area contributed by atoms with Gasteiger partial charge >= 0.3 is 0 Å². The van der Waals surface area contributed by atoms with Gasteiger partial charge in [-0.15, -0.1) is 0 Å². The highest BCUT2D eigenvalue weighted by atomic mass is 79.9. The van der Waals surface area contributed by atoms with Gasteiger partial charge in [-0.25, -0.2) is 0 Å². The number of halogens is 2. The van der Waals surface area contributed by atoms with Crippen molar-refractivity contribution in [2.24, 2.45) is 0 Å². The van der Waals surface area contributed by atoms with Crippen molar-refractivity contribution in [2.75, 3.05) is 11.1 Å². The predicted molar refractivity (Wildman–Crippen MR) is 73.3 cm³/mol. The number of hydrogen-bond donors (Lipinski definition) is 2. The first-order valence-electron chi connectivity index (χ1n) is 4.73. The summed E-state index contributed by atoms with van der Waals surface area (Å²) in [4.78, 5) is 0. The molecule has 3 N–H and O–H groups in total. The van der Waals surface area contributed by atoms with Crippen LogP contribution in [0.5, 0.6) is 0 Å². The second-order valence-electron chi connectivity index (χ2n) is 3.37. The molecule has 0 unspecified atom stereocenters. The number of benzene rings is 2. The van der Waals surface area contributed by atoms with Crippen molar-refractivity contribution < 1.29 is 0 Å². The third-order valence-electron chi connectivity index (χ3n) is 2.10. The number of nitrogen functional groups attached to an aromatic ring is 1. The standard InChI is InChI=1S/C12H10BrClN2/c13-8-4-5-12(11(14)6-8)16-10-3-1-2-9(15)7-10/h1-7,16H,15H2. The van der Waals surface area contributed by atoms with Crippen LogP contribution in [-0.4, -0.2) is 0 Å². The first-order valence-corrected chi connectivity index (χ1v) is 5.90. The average Bonchev–Trinajstić information content (AvgIpc) is 2.22. The van der Waals surface area contributed by atoms with E-state index in [-0.39, 0.29) is 0 Å². The van der Waals surface area contributed by atoms with Gasteiger partial charge in [0.05, 0.1) is 10.7 Å². The van der Waals surface area contributed by atoms with Gasteiger partial charge in [-0.3, -0.25) is 0 Å². The van der Waals surface area contributed by atoms with E-state index in [0.29, 0.717) is 5.02 Å². The lowest BCUT2D eigenvalue weighted by atomic mass is 10.2. The molecule has 0 bridgehead atoms. The monoisotopic (exact) mass is 296 g/mol. The molecule has 2 rings (SSSR count). The van der Waals surface area contributed by atoms with Gasteiger partial charge in [0.15, 0.2) is 0 Å². The third kappa shape index (κ3) is 2.68. The molecule has 0 aliphatic carbocycles. The van der Waals surface area contributed by atoms with Crippen LogP contribution in [0.15, 0.2) is 46.9 Å². The first kappa shape index (κ1) is 11.3. The van der Waals surface area contributed by atoms with E-state index in [1.165, 1.54) is 0 Å². The zero-order valence-electron chi connectivity index (χ0n) is 8.37. The van der Waals surface area contributed by atoms with Crippen LogP contribution in [0.3, 0.4) is 0 Å². The van der Waals surface area contributed by atoms with E-state index < -0.39 is 0 Å². The summed E-state index contributed by atoms with van der Waals surface area (Å²) in [6.45, 7) is 0. The Morgan fingerprint density at radius 3 is 2.62 bits per heavy atom. The fraction of sp³-hybridized carbons (Fsp3) is 0. The van der Waals surface area contributed by atoms with Gasteiger partial charge in [0, 0.05) is 15.8 Å². The van der Waals surface area contributed by atoms with E-state index >= 15 is 0 Å². The maximum absolute atomic E-state index is 6.10. The Labute approximate surface area is 108 Å². The van der Waals surface area contributed by atoms with Gasteiger partial charge in [-0.05, 0) is 36.4 Å². The van der Waals surface area contributed by atoms with Crippen LogP contribution in [0.2, 0.25) is 5.02 Å². The lowest BCUT2D eigenvalue weighted by molar-refractivity contribution is 1.53. The Morgan fingerprint density at radius 2 is 1.94 bits per heavy atom. The number of hydrogen-bond acceptors (Lipinski definition) is 2. The highest BCUT2D eigenvalue weighted by Crippen LogP contribution is 2.28. The largest absolute Gasteiger partial charge is 0.399 e. The highest BCUT2D eigenvalue weighted by molar-refractivity contribution is 9.10. The molecule has 0 atom stereocenters. The summed E-state index contributed by atoms with van der Waals surface area (Å²) in [5.41, 5.74) is 8.19. The zero-order valence-corrected chi connectivity index (χ0v) is 10.7. The van der Waals surface area contributed by atoms with E-state index in [1.54, 1.807) is 0 Å². The predicted octanol–water partition coefficient (Wildman–Crippen LogP) is 4.43. The SMILES string of the molecule is Nc1cccc(Nc2ccc(Br)cc2Cl)c1. The minimum atomic E-state index is 0.664. The minimum Gasteiger partial charge on any atom is -0.399 e. The third-order valence-corrected chi connectivity index (χ3v) is 2.90. The summed E-state index contributed by atoms with van der Waals surface area (Å²) >= 11 is 9.46. The molecule has 0 aromatic heterocycles. The van der Waals surface area contributed by atoms with E-state index in [2.05, 4.69) is 21.2 Å². The second-order valence-corrected chi connectivity index (χ2v) is 4.70. The molecule has 0 heterocycles. The maximum atomic E-state index is 6.10. The van der Waals surface area contributed by atoms with Crippen LogP contribution in [0.1, 0.15) is 0 Å². The molecule has 16 heavy (non-hydrogen) atoms. The molecule has 0 fully saturated rings. The van der Waals surface area contributed by atoms with E-state index in [1.807, 2.05) is 42.5 Å². The van der Waals surface area contributed by atoms with Crippen LogP contribution in [0.25, 0.3) is 0 Å². The minimum absolute atomic E-state index is 0.664. The van der Waals surface area contributed by atoms with Gasteiger partial charge in [-0.2, -0.15) is 0 Å². The molecule has 2 nitrogen and oxygen atoms in total. The maximum Gasteiger partial charge on any atom is 0.0652 e. The normalized spacial score (nSPS) is 10.1. The van der Waals surface area contributed by atoms with Crippen molar-refractivity contribution >= 4 is 44.6 Å². The van der Waals surface area contributed by atoms with Crippen LogP contribution < -0.4 is 11.1 Å². The summed E-state index contributed by atoms with van der Waals surface area (Å²) in [5.74, 6) is 0.